The third kappa shape index (κ3) is 4.56. The first-order chi connectivity index (χ1) is 15.4. The second-order valence-corrected chi connectivity index (χ2v) is 7.91. The van der Waals surface area contributed by atoms with E-state index in [1.54, 1.807) is 19.5 Å². The number of nitrogens with two attached hydrogens (primary N) is 1. The number of amidine groups is 1. The number of aromatic nitrogens is 2. The molecule has 0 aliphatic carbocycles. The molecule has 3 N–H and O–H groups in total. The fraction of sp³-hybridized carbons (Fsp3) is 0.240. The molecule has 1 aliphatic heterocycles. The van der Waals surface area contributed by atoms with E-state index in [0.717, 1.165) is 27.8 Å². The lowest BCUT2D eigenvalue weighted by Crippen LogP contribution is -2.22. The smallest absolute Gasteiger partial charge is 0.279 e. The number of nitrogens with one attached hydrogen (secondary N) is 1. The molecule has 0 saturated carbocycles. The molecule has 7 nitrogen and oxygen atoms in total. The molecular weight excluding hydrogens is 404 g/mol. The van der Waals surface area contributed by atoms with Gasteiger partial charge in [0.1, 0.15) is 18.0 Å². The van der Waals surface area contributed by atoms with Gasteiger partial charge in [0.05, 0.1) is 5.92 Å². The Morgan fingerprint density at radius 3 is 2.75 bits per heavy atom. The summed E-state index contributed by atoms with van der Waals surface area (Å²) in [4.78, 5) is 8.70. The van der Waals surface area contributed by atoms with E-state index in [2.05, 4.69) is 27.9 Å². The monoisotopic (exact) mass is 428 g/mol. The van der Waals surface area contributed by atoms with Crippen LogP contribution in [0.3, 0.4) is 0 Å². The lowest BCUT2D eigenvalue weighted by molar-refractivity contribution is 0.0741. The second-order valence-electron chi connectivity index (χ2n) is 7.91. The third-order valence-corrected chi connectivity index (χ3v) is 5.26. The average Bonchev–Trinajstić information content (AvgIpc) is 2.80. The summed E-state index contributed by atoms with van der Waals surface area (Å²) in [7, 11) is 1.62. The van der Waals surface area contributed by atoms with Crippen LogP contribution in [0.5, 0.6) is 11.6 Å². The molecule has 3 aromatic rings. The number of nitrogens with zero attached hydrogens (tertiary/aromatic N) is 2. The van der Waals surface area contributed by atoms with Gasteiger partial charge >= 0.3 is 0 Å². The standard InChI is InChI=1S/C25H24N4O3/c1-25(2,30-3)9-8-16-11-20-21(15-31-24(26)27)19-12-17(18-5-4-10-28-14-18)6-7-22(19)32-23(20)29-13-16/h4-7,10-14,21H,15H2,1-3H3,(H3,26,27). The quantitative estimate of drug-likeness (QED) is 0.369. The van der Waals surface area contributed by atoms with Gasteiger partial charge in [-0.15, -0.1) is 0 Å². The molecule has 0 spiro atoms. The zero-order valence-corrected chi connectivity index (χ0v) is 18.2. The maximum absolute atomic E-state index is 7.52. The first-order valence-electron chi connectivity index (χ1n) is 10.1. The molecule has 0 radical (unpaired) electrons. The summed E-state index contributed by atoms with van der Waals surface area (Å²) in [5, 5.41) is 7.52. The predicted molar refractivity (Wildman–Crippen MR) is 122 cm³/mol. The Labute approximate surface area is 187 Å². The van der Waals surface area contributed by atoms with Gasteiger partial charge in [-0.3, -0.25) is 10.4 Å². The van der Waals surface area contributed by atoms with Gasteiger partial charge in [-0.05, 0) is 43.7 Å². The number of fused-ring (bicyclic) bond motifs is 2. The minimum absolute atomic E-state index is 0.178. The molecule has 162 valence electrons. The van der Waals surface area contributed by atoms with Crippen molar-refractivity contribution in [1.82, 2.24) is 9.97 Å². The molecule has 1 unspecified atom stereocenters. The van der Waals surface area contributed by atoms with Crippen LogP contribution >= 0.6 is 0 Å². The van der Waals surface area contributed by atoms with Crippen molar-refractivity contribution in [3.8, 4) is 34.6 Å². The summed E-state index contributed by atoms with van der Waals surface area (Å²) in [6.07, 6.45) is 5.23. The van der Waals surface area contributed by atoms with Crippen molar-refractivity contribution in [3.63, 3.8) is 0 Å². The molecule has 7 heteroatoms. The van der Waals surface area contributed by atoms with Crippen molar-refractivity contribution in [3.05, 3.63) is 71.7 Å². The Hall–Kier alpha value is -3.89. The van der Waals surface area contributed by atoms with E-state index in [-0.39, 0.29) is 18.5 Å². The van der Waals surface area contributed by atoms with Crippen LogP contribution in [0.15, 0.2) is 55.0 Å². The lowest BCUT2D eigenvalue weighted by Gasteiger charge is -2.28. The second kappa shape index (κ2) is 8.69. The average molecular weight is 428 g/mol. The molecule has 0 amide bonds. The molecule has 1 atom stereocenters. The molecule has 3 heterocycles. The van der Waals surface area contributed by atoms with Gasteiger partial charge in [-0.2, -0.15) is 0 Å². The van der Waals surface area contributed by atoms with Crippen LogP contribution in [0.4, 0.5) is 0 Å². The Morgan fingerprint density at radius 2 is 2.03 bits per heavy atom. The van der Waals surface area contributed by atoms with Gasteiger partial charge in [0.25, 0.3) is 6.02 Å². The minimum Gasteiger partial charge on any atom is -0.465 e. The van der Waals surface area contributed by atoms with Crippen molar-refractivity contribution in [1.29, 1.82) is 5.41 Å². The number of benzene rings is 1. The zero-order chi connectivity index (χ0) is 22.7. The van der Waals surface area contributed by atoms with Gasteiger partial charge < -0.3 is 19.9 Å². The Morgan fingerprint density at radius 1 is 1.19 bits per heavy atom. The Kier molecular flexibility index (Phi) is 5.80. The van der Waals surface area contributed by atoms with E-state index in [4.69, 9.17) is 25.4 Å². The van der Waals surface area contributed by atoms with Gasteiger partial charge in [0, 0.05) is 48.0 Å². The molecular formula is C25H24N4O3. The molecule has 32 heavy (non-hydrogen) atoms. The largest absolute Gasteiger partial charge is 0.465 e. The fourth-order valence-electron chi connectivity index (χ4n) is 3.40. The molecule has 4 rings (SSSR count). The van der Waals surface area contributed by atoms with Crippen LogP contribution in [-0.4, -0.2) is 35.3 Å². The number of hydrogen-bond donors (Lipinski definition) is 2. The highest BCUT2D eigenvalue weighted by atomic mass is 16.5. The van der Waals surface area contributed by atoms with E-state index in [1.165, 1.54) is 0 Å². The van der Waals surface area contributed by atoms with Crippen molar-refractivity contribution in [2.24, 2.45) is 5.73 Å². The first kappa shape index (κ1) is 21.3. The van der Waals surface area contributed by atoms with E-state index < -0.39 is 5.60 Å². The van der Waals surface area contributed by atoms with Crippen LogP contribution in [0.1, 0.15) is 36.5 Å². The first-order valence-corrected chi connectivity index (χ1v) is 10.1. The highest BCUT2D eigenvalue weighted by Gasteiger charge is 2.30. The van der Waals surface area contributed by atoms with E-state index in [9.17, 15) is 0 Å². The van der Waals surface area contributed by atoms with Crippen LogP contribution in [0.2, 0.25) is 0 Å². The Balaban J connectivity index is 1.77. The third-order valence-electron chi connectivity index (χ3n) is 5.26. The van der Waals surface area contributed by atoms with Crippen LogP contribution in [0.25, 0.3) is 11.1 Å². The number of ether oxygens (including phenoxy) is 3. The number of methoxy groups -OCH3 is 1. The molecule has 0 fully saturated rings. The minimum atomic E-state index is -0.575. The zero-order valence-electron chi connectivity index (χ0n) is 18.2. The van der Waals surface area contributed by atoms with Gasteiger partial charge in [0.15, 0.2) is 0 Å². The van der Waals surface area contributed by atoms with Crippen molar-refractivity contribution >= 4 is 6.02 Å². The summed E-state index contributed by atoms with van der Waals surface area (Å²) >= 11 is 0. The highest BCUT2D eigenvalue weighted by molar-refractivity contribution is 5.69. The van der Waals surface area contributed by atoms with Gasteiger partial charge in [-0.25, -0.2) is 4.98 Å². The molecule has 1 aliphatic rings. The van der Waals surface area contributed by atoms with Crippen molar-refractivity contribution in [2.75, 3.05) is 13.7 Å². The SMILES string of the molecule is COC(C)(C)C#Cc1cnc2c(c1)C(COC(=N)N)c1cc(-c3cccnc3)ccc1O2. The molecule has 1 aromatic carbocycles. The highest BCUT2D eigenvalue weighted by Crippen LogP contribution is 2.44. The maximum Gasteiger partial charge on any atom is 0.279 e. The van der Waals surface area contributed by atoms with Crippen molar-refractivity contribution in [2.45, 2.75) is 25.4 Å². The summed E-state index contributed by atoms with van der Waals surface area (Å²) in [5.74, 6) is 7.16. The molecule has 0 bridgehead atoms. The summed E-state index contributed by atoms with van der Waals surface area (Å²) in [6, 6.07) is 11.4. The number of rotatable bonds is 4. The number of pyridine rings is 2. The van der Waals surface area contributed by atoms with Gasteiger partial charge in [0.2, 0.25) is 5.88 Å². The van der Waals surface area contributed by atoms with E-state index in [1.807, 2.05) is 50.4 Å². The predicted octanol–water partition coefficient (Wildman–Crippen LogP) is 4.07. The van der Waals surface area contributed by atoms with E-state index in [0.29, 0.717) is 11.6 Å². The normalized spacial score (nSPS) is 14.3. The van der Waals surface area contributed by atoms with E-state index >= 15 is 0 Å². The Bertz CT molecular complexity index is 1210. The fourth-order valence-corrected chi connectivity index (χ4v) is 3.40. The van der Waals surface area contributed by atoms with Gasteiger partial charge in [-0.1, -0.05) is 24.0 Å². The summed E-state index contributed by atoms with van der Waals surface area (Å²) < 4.78 is 16.9. The summed E-state index contributed by atoms with van der Waals surface area (Å²) in [5.41, 5.74) is 9.38. The van der Waals surface area contributed by atoms with Crippen LogP contribution < -0.4 is 10.5 Å². The lowest BCUT2D eigenvalue weighted by atomic mass is 9.87. The molecule has 0 saturated heterocycles. The maximum atomic E-state index is 7.52. The number of hydrogen-bond acceptors (Lipinski definition) is 6. The topological polar surface area (TPSA) is 103 Å². The molecule has 2 aromatic heterocycles. The van der Waals surface area contributed by atoms with Crippen LogP contribution in [0, 0.1) is 17.3 Å². The van der Waals surface area contributed by atoms with Crippen LogP contribution in [-0.2, 0) is 9.47 Å². The van der Waals surface area contributed by atoms with Crippen molar-refractivity contribution < 1.29 is 14.2 Å². The summed E-state index contributed by atoms with van der Waals surface area (Å²) in [6.45, 7) is 3.97.